The van der Waals surface area contributed by atoms with E-state index in [2.05, 4.69) is 0 Å². The van der Waals surface area contributed by atoms with E-state index in [1.165, 1.54) is 154 Å². The van der Waals surface area contributed by atoms with Crippen molar-refractivity contribution in [3.63, 3.8) is 0 Å². The summed E-state index contributed by atoms with van der Waals surface area (Å²) >= 11 is 0. The summed E-state index contributed by atoms with van der Waals surface area (Å²) in [7, 11) is 0. The summed E-state index contributed by atoms with van der Waals surface area (Å²) in [5.74, 6) is 34.3. The molecule has 28 aliphatic carbocycles. The van der Waals surface area contributed by atoms with E-state index in [0.29, 0.717) is 0 Å². The van der Waals surface area contributed by atoms with Crippen LogP contribution in [0.4, 0.5) is 0 Å². The third kappa shape index (κ3) is 0.762. The van der Waals surface area contributed by atoms with Gasteiger partial charge in [0.1, 0.15) is 0 Å². The quantitative estimate of drug-likeness (QED) is 0.243. The van der Waals surface area contributed by atoms with Crippen LogP contribution in [0.5, 0.6) is 0 Å². The van der Waals surface area contributed by atoms with Crippen LogP contribution >= 0.6 is 0 Å². The SMILES string of the molecule is C1CC2CC3C4CC5C6CC7C8C9C%10C%11CC%12C%13C%14CC%15C%16C%17C%18C%19CCC%20CC%19%21C%19%22CC%20C1CC2%19C3C41C5C62C7C8C93C%10C%11%12C%134C%14%15C%165C%176C%18%21C1%22C26C345. The van der Waals surface area contributed by atoms with E-state index in [4.69, 9.17) is 0 Å². The van der Waals surface area contributed by atoms with Crippen molar-refractivity contribution in [2.75, 3.05) is 0 Å². The van der Waals surface area contributed by atoms with Crippen molar-refractivity contribution in [2.45, 2.75) is 77.0 Å². The highest BCUT2D eigenvalue weighted by molar-refractivity contribution is 5.91. The van der Waals surface area contributed by atoms with Gasteiger partial charge in [0.2, 0.25) is 0 Å². The topological polar surface area (TPSA) is 0 Å². The highest BCUT2D eigenvalue weighted by Gasteiger charge is 3.46. The molecule has 0 radical (unpaired) electrons. The fourth-order valence-corrected chi connectivity index (χ4v) is 45.5. The van der Waals surface area contributed by atoms with Gasteiger partial charge in [-0.15, -0.1) is 0 Å². The molecule has 0 aromatic rings. The molecule has 0 heterocycles. The highest BCUT2D eigenvalue weighted by atomic mass is 15.5. The van der Waals surface area contributed by atoms with Crippen LogP contribution in [0.1, 0.15) is 77.0 Å². The van der Waals surface area contributed by atoms with Crippen LogP contribution in [0.3, 0.4) is 0 Å². The summed E-state index contributed by atoms with van der Waals surface area (Å²) in [5, 5.41) is 0. The maximum absolute atomic E-state index is 1.94. The molecule has 0 nitrogen and oxygen atoms in total. The Bertz CT molecular complexity index is 2700. The van der Waals surface area contributed by atoms with Gasteiger partial charge < -0.3 is 0 Å². The molecule has 0 heteroatoms. The Morgan fingerprint density at radius 1 is 0.377 bits per heavy atom. The van der Waals surface area contributed by atoms with Gasteiger partial charge in [0.25, 0.3) is 0 Å². The van der Waals surface area contributed by atoms with Gasteiger partial charge in [0.05, 0.1) is 0 Å². The normalized spacial score (nSPS) is 113. The summed E-state index contributed by atoms with van der Waals surface area (Å²) in [6, 6.07) is 0. The van der Waals surface area contributed by atoms with Crippen molar-refractivity contribution in [1.82, 2.24) is 0 Å². The lowest BCUT2D eigenvalue weighted by molar-refractivity contribution is -0.931. The van der Waals surface area contributed by atoms with E-state index < -0.39 is 0 Å². The molecular weight excluding hydrogens is 637 g/mol. The molecule has 28 aliphatic rings. The smallest absolute Gasteiger partial charge is 0.00139 e. The lowest BCUT2D eigenvalue weighted by Crippen LogP contribution is -3.36. The maximum atomic E-state index is 1.94. The number of hydrogen-bond donors (Lipinski definition) is 0. The monoisotopic (exact) mass is 686 g/mol. The molecule has 53 heavy (non-hydrogen) atoms. The van der Waals surface area contributed by atoms with Crippen LogP contribution in [0.2, 0.25) is 0 Å². The zero-order chi connectivity index (χ0) is 31.0. The van der Waals surface area contributed by atoms with Crippen molar-refractivity contribution >= 4 is 0 Å². The Morgan fingerprint density at radius 2 is 1.23 bits per heavy atom. The van der Waals surface area contributed by atoms with Crippen molar-refractivity contribution in [3.8, 4) is 0 Å². The Balaban J connectivity index is 0.920. The molecule has 28 rings (SSSR count). The van der Waals surface area contributed by atoms with E-state index in [1.807, 2.05) is 51.4 Å². The third-order valence-corrected chi connectivity index (χ3v) is 38.5. The minimum Gasteiger partial charge on any atom is -0.0499 e. The molecule has 6 bridgehead atoms. The molecule has 0 aromatic carbocycles. The number of fused-ring (bicyclic) bond motifs is 20. The van der Waals surface area contributed by atoms with E-state index in [1.54, 1.807) is 25.7 Å². The summed E-state index contributed by atoms with van der Waals surface area (Å²) in [6.07, 6.45) is 22.0. The molecule has 28 saturated carbocycles. The van der Waals surface area contributed by atoms with Crippen LogP contribution in [0.25, 0.3) is 0 Å². The first kappa shape index (κ1) is 21.8. The summed E-state index contributed by atoms with van der Waals surface area (Å²) in [6.45, 7) is 0. The first-order valence-corrected chi connectivity index (χ1v) is 26.2. The van der Waals surface area contributed by atoms with Gasteiger partial charge in [0.15, 0.2) is 0 Å². The van der Waals surface area contributed by atoms with Crippen molar-refractivity contribution in [1.29, 1.82) is 0 Å². The first-order valence-electron chi connectivity index (χ1n) is 26.2. The van der Waals surface area contributed by atoms with Crippen LogP contribution in [0, 0.1) is 235 Å². The van der Waals surface area contributed by atoms with E-state index in [0.717, 1.165) is 81.2 Å². The van der Waals surface area contributed by atoms with Gasteiger partial charge in [-0.2, -0.15) is 0 Å². The first-order chi connectivity index (χ1) is 26.2. The van der Waals surface area contributed by atoms with Gasteiger partial charge >= 0.3 is 0 Å². The van der Waals surface area contributed by atoms with Crippen molar-refractivity contribution in [3.05, 3.63) is 0 Å². The van der Waals surface area contributed by atoms with Crippen molar-refractivity contribution < 1.29 is 0 Å². The Labute approximate surface area is 311 Å². The molecule has 41 unspecified atom stereocenters. The lowest BCUT2D eigenvalue weighted by atomic mass is 8.65. The second-order valence-corrected chi connectivity index (χ2v) is 31.3. The summed E-state index contributed by atoms with van der Waals surface area (Å²) in [5.41, 5.74) is 15.1. The summed E-state index contributed by atoms with van der Waals surface area (Å²) in [4.78, 5) is 0. The number of rotatable bonds is 0. The van der Waals surface area contributed by atoms with Crippen LogP contribution in [-0.4, -0.2) is 0 Å². The molecule has 262 valence electrons. The molecule has 0 aliphatic heterocycles. The van der Waals surface area contributed by atoms with Crippen molar-refractivity contribution in [2.24, 2.45) is 235 Å². The molecular formula is C53H50. The van der Waals surface area contributed by atoms with Gasteiger partial charge in [-0.25, -0.2) is 0 Å². The minimum absolute atomic E-state index is 0.919. The van der Waals surface area contributed by atoms with E-state index in [9.17, 15) is 0 Å². The Morgan fingerprint density at radius 3 is 2.23 bits per heavy atom. The predicted octanol–water partition coefficient (Wildman–Crippen LogP) is 7.88. The maximum Gasteiger partial charge on any atom is -0.00139 e. The standard InChI is InChI=1S/C53H50/c1-3-15-5-16-22-6-17-21-7-18-27-33-28-23-8-24-30-25-9-26-32-35-31-20-4-2-14-11-40(20)41-12-19(14)13(1)10-39(15,41)36(16)44(22)37(17)43(21)29(18)34(27)45(33)38(28)42(23,24)48(30)46(25,26)49(32)50(35)47(31,40)51(41,44)53(43,50)52(45,48)49/h13-38H,1-12H2. The molecule has 0 amide bonds. The van der Waals surface area contributed by atoms with Gasteiger partial charge in [-0.1, -0.05) is 0 Å². The number of hydrogen-bond acceptors (Lipinski definition) is 0. The second-order valence-electron chi connectivity index (χ2n) is 31.3. The highest BCUT2D eigenvalue weighted by Crippen LogP contribution is 3.48. The van der Waals surface area contributed by atoms with Gasteiger partial charge in [-0.3, -0.25) is 0 Å². The molecule has 0 N–H and O–H groups in total. The van der Waals surface area contributed by atoms with E-state index >= 15 is 0 Å². The van der Waals surface area contributed by atoms with Gasteiger partial charge in [0, 0.05) is 0 Å². The molecule has 0 aromatic heterocycles. The third-order valence-electron chi connectivity index (χ3n) is 38.5. The zero-order valence-electron chi connectivity index (χ0n) is 31.0. The minimum atomic E-state index is 0.919. The Kier molecular flexibility index (Phi) is 1.72. The van der Waals surface area contributed by atoms with E-state index in [-0.39, 0.29) is 0 Å². The second kappa shape index (κ2) is 4.17. The largest absolute Gasteiger partial charge is 0.0499 e. The lowest BCUT2D eigenvalue weighted by Gasteiger charge is -3.38. The van der Waals surface area contributed by atoms with Crippen LogP contribution < -0.4 is 0 Å². The van der Waals surface area contributed by atoms with Crippen LogP contribution in [-0.2, 0) is 0 Å². The molecule has 28 fully saturated rings. The fourth-order valence-electron chi connectivity index (χ4n) is 45.5. The zero-order valence-corrected chi connectivity index (χ0v) is 31.0. The molecule has 0 saturated heterocycles. The Hall–Kier alpha value is 0. The molecule has 41 atom stereocenters. The van der Waals surface area contributed by atoms with Crippen LogP contribution in [0.15, 0.2) is 0 Å². The van der Waals surface area contributed by atoms with Gasteiger partial charge in [-0.05, 0) is 312 Å². The average Bonchev–Trinajstić information content (AvgIpc) is 3.76. The fraction of sp³-hybridized carbons (Fsp3) is 1.00. The molecule has 15 spiro atoms. The predicted molar refractivity (Wildman–Crippen MR) is 183 cm³/mol. The average molecular weight is 687 g/mol. The summed E-state index contributed by atoms with van der Waals surface area (Å²) < 4.78 is 0.